The first-order chi connectivity index (χ1) is 8.40. The number of primary sulfonamides is 1. The fourth-order valence-corrected chi connectivity index (χ4v) is 1.95. The number of nitrogens with one attached hydrogen (secondary N) is 1. The van der Waals surface area contributed by atoms with Gasteiger partial charge in [0.2, 0.25) is 15.9 Å². The number of carbonyl (C=O) groups excluding carboxylic acids is 1. The summed E-state index contributed by atoms with van der Waals surface area (Å²) in [4.78, 5) is 11.7. The molecule has 1 aromatic rings. The van der Waals surface area contributed by atoms with Crippen molar-refractivity contribution in [3.05, 3.63) is 35.9 Å². The normalized spacial score (nSPS) is 13.0. The Morgan fingerprint density at radius 1 is 1.28 bits per heavy atom. The van der Waals surface area contributed by atoms with E-state index in [1.54, 1.807) is 24.3 Å². The van der Waals surface area contributed by atoms with E-state index in [2.05, 4.69) is 5.32 Å². The molecule has 1 aromatic carbocycles. The molecule has 0 fully saturated rings. The molecule has 0 aromatic heterocycles. The van der Waals surface area contributed by atoms with E-state index in [1.165, 1.54) is 0 Å². The summed E-state index contributed by atoms with van der Waals surface area (Å²) in [5.74, 6) is -0.496. The van der Waals surface area contributed by atoms with Crippen LogP contribution in [0.15, 0.2) is 30.3 Å². The molecule has 100 valence electrons. The second kappa shape index (κ2) is 6.48. The maximum Gasteiger partial charge on any atom is 0.241 e. The molecular weight excluding hydrogens is 254 g/mol. The van der Waals surface area contributed by atoms with E-state index >= 15 is 0 Å². The van der Waals surface area contributed by atoms with Gasteiger partial charge in [-0.3, -0.25) is 4.79 Å². The lowest BCUT2D eigenvalue weighted by molar-refractivity contribution is -0.122. The van der Waals surface area contributed by atoms with Crippen molar-refractivity contribution in [2.24, 2.45) is 10.9 Å². The van der Waals surface area contributed by atoms with Crippen molar-refractivity contribution in [2.75, 3.05) is 12.3 Å². The maximum absolute atomic E-state index is 11.7. The van der Waals surface area contributed by atoms with Crippen molar-refractivity contribution in [3.63, 3.8) is 0 Å². The predicted molar refractivity (Wildman–Crippen MR) is 69.0 cm³/mol. The van der Waals surface area contributed by atoms with Crippen LogP contribution < -0.4 is 16.2 Å². The van der Waals surface area contributed by atoms with Gasteiger partial charge in [0.25, 0.3) is 0 Å². The van der Waals surface area contributed by atoms with E-state index in [4.69, 9.17) is 10.9 Å². The Hall–Kier alpha value is -1.44. The molecule has 1 rings (SSSR count). The molecule has 0 heterocycles. The summed E-state index contributed by atoms with van der Waals surface area (Å²) in [5.41, 5.74) is 6.46. The summed E-state index contributed by atoms with van der Waals surface area (Å²) < 4.78 is 21.3. The monoisotopic (exact) mass is 271 g/mol. The number of sulfonamides is 1. The number of hydrogen-bond donors (Lipinski definition) is 3. The molecule has 0 spiro atoms. The van der Waals surface area contributed by atoms with Crippen molar-refractivity contribution >= 4 is 15.9 Å². The molecule has 0 radical (unpaired) electrons. The first-order valence-corrected chi connectivity index (χ1v) is 7.20. The Morgan fingerprint density at radius 2 is 1.89 bits per heavy atom. The summed E-state index contributed by atoms with van der Waals surface area (Å²) in [6.45, 7) is 0.232. The third-order valence-electron chi connectivity index (χ3n) is 2.35. The van der Waals surface area contributed by atoms with E-state index < -0.39 is 16.1 Å². The number of hydrogen-bond acceptors (Lipinski definition) is 4. The van der Waals surface area contributed by atoms with Crippen LogP contribution in [0.1, 0.15) is 18.0 Å². The van der Waals surface area contributed by atoms with Gasteiger partial charge in [0, 0.05) is 6.54 Å². The average Bonchev–Trinajstić information content (AvgIpc) is 2.33. The minimum absolute atomic E-state index is 0.159. The zero-order valence-electron chi connectivity index (χ0n) is 9.87. The number of benzene rings is 1. The Bertz CT molecular complexity index is 488. The van der Waals surface area contributed by atoms with Crippen LogP contribution in [0.3, 0.4) is 0 Å². The van der Waals surface area contributed by atoms with Crippen LogP contribution in [0, 0.1) is 0 Å². The van der Waals surface area contributed by atoms with Crippen LogP contribution >= 0.6 is 0 Å². The lowest BCUT2D eigenvalue weighted by Gasteiger charge is -2.12. The number of carbonyl (C=O) groups is 1. The quantitative estimate of drug-likeness (QED) is 0.604. The molecule has 0 aliphatic heterocycles. The second-order valence-corrected chi connectivity index (χ2v) is 5.63. The van der Waals surface area contributed by atoms with E-state index in [0.29, 0.717) is 5.56 Å². The molecule has 0 saturated carbocycles. The Labute approximate surface area is 106 Å². The van der Waals surface area contributed by atoms with Crippen molar-refractivity contribution in [1.82, 2.24) is 5.32 Å². The van der Waals surface area contributed by atoms with Gasteiger partial charge in [0.15, 0.2) is 0 Å². The van der Waals surface area contributed by atoms with Gasteiger partial charge in [-0.05, 0) is 12.0 Å². The fraction of sp³-hybridized carbons (Fsp3) is 0.364. The Morgan fingerprint density at radius 3 is 2.44 bits per heavy atom. The molecule has 18 heavy (non-hydrogen) atoms. The summed E-state index contributed by atoms with van der Waals surface area (Å²) in [6.07, 6.45) is 0.270. The third kappa shape index (κ3) is 5.26. The van der Waals surface area contributed by atoms with Crippen molar-refractivity contribution in [1.29, 1.82) is 0 Å². The molecule has 1 unspecified atom stereocenters. The average molecular weight is 271 g/mol. The Kier molecular flexibility index (Phi) is 5.26. The van der Waals surface area contributed by atoms with Crippen LogP contribution in [-0.4, -0.2) is 26.6 Å². The predicted octanol–water partition coefficient (Wildman–Crippen LogP) is -0.519. The van der Waals surface area contributed by atoms with Gasteiger partial charge in [0.05, 0.1) is 5.75 Å². The van der Waals surface area contributed by atoms with Gasteiger partial charge < -0.3 is 11.1 Å². The lowest BCUT2D eigenvalue weighted by Crippen LogP contribution is -2.35. The van der Waals surface area contributed by atoms with Crippen molar-refractivity contribution in [3.8, 4) is 0 Å². The topological polar surface area (TPSA) is 115 Å². The van der Waals surface area contributed by atoms with E-state index in [1.807, 2.05) is 6.07 Å². The van der Waals surface area contributed by atoms with Gasteiger partial charge >= 0.3 is 0 Å². The highest BCUT2D eigenvalue weighted by Crippen LogP contribution is 2.08. The SMILES string of the molecule is NC(C(=O)NCCCS(N)(=O)=O)c1ccccc1. The maximum atomic E-state index is 11.7. The molecule has 5 N–H and O–H groups in total. The van der Waals surface area contributed by atoms with Gasteiger partial charge in [-0.15, -0.1) is 0 Å². The molecule has 0 bridgehead atoms. The lowest BCUT2D eigenvalue weighted by atomic mass is 10.1. The molecule has 0 aliphatic rings. The zero-order valence-corrected chi connectivity index (χ0v) is 10.7. The van der Waals surface area contributed by atoms with Gasteiger partial charge in [-0.1, -0.05) is 30.3 Å². The second-order valence-electron chi connectivity index (χ2n) is 3.90. The molecule has 1 atom stereocenters. The Balaban J connectivity index is 2.38. The molecule has 0 aliphatic carbocycles. The minimum atomic E-state index is -3.48. The molecule has 7 heteroatoms. The summed E-state index contributed by atoms with van der Waals surface area (Å²) in [6, 6.07) is 8.19. The standard InChI is InChI=1S/C11H17N3O3S/c12-10(9-5-2-1-3-6-9)11(15)14-7-4-8-18(13,16)17/h1-3,5-6,10H,4,7-8,12H2,(H,14,15)(H2,13,16,17). The van der Waals surface area contributed by atoms with Gasteiger partial charge in [-0.25, -0.2) is 13.6 Å². The van der Waals surface area contributed by atoms with E-state index in [9.17, 15) is 13.2 Å². The largest absolute Gasteiger partial charge is 0.354 e. The van der Waals surface area contributed by atoms with Crippen LogP contribution in [-0.2, 0) is 14.8 Å². The van der Waals surface area contributed by atoms with Crippen molar-refractivity contribution in [2.45, 2.75) is 12.5 Å². The highest BCUT2D eigenvalue weighted by Gasteiger charge is 2.14. The van der Waals surface area contributed by atoms with Crippen molar-refractivity contribution < 1.29 is 13.2 Å². The minimum Gasteiger partial charge on any atom is -0.354 e. The molecule has 0 saturated heterocycles. The van der Waals surface area contributed by atoms with E-state index in [-0.39, 0.29) is 24.6 Å². The van der Waals surface area contributed by atoms with Crippen LogP contribution in [0.2, 0.25) is 0 Å². The highest BCUT2D eigenvalue weighted by molar-refractivity contribution is 7.89. The number of amides is 1. The summed E-state index contributed by atoms with van der Waals surface area (Å²) in [5, 5.41) is 7.41. The number of nitrogens with two attached hydrogens (primary N) is 2. The summed E-state index contributed by atoms with van der Waals surface area (Å²) in [7, 11) is -3.48. The first kappa shape index (κ1) is 14.6. The molecule has 6 nitrogen and oxygen atoms in total. The van der Waals surface area contributed by atoms with Gasteiger partial charge in [0.1, 0.15) is 6.04 Å². The smallest absolute Gasteiger partial charge is 0.241 e. The first-order valence-electron chi connectivity index (χ1n) is 5.49. The third-order valence-corrected chi connectivity index (χ3v) is 3.20. The zero-order chi connectivity index (χ0) is 13.6. The highest BCUT2D eigenvalue weighted by atomic mass is 32.2. The van der Waals surface area contributed by atoms with Crippen LogP contribution in [0.5, 0.6) is 0 Å². The van der Waals surface area contributed by atoms with Gasteiger partial charge in [-0.2, -0.15) is 0 Å². The molecular formula is C11H17N3O3S. The van der Waals surface area contributed by atoms with Crippen LogP contribution in [0.4, 0.5) is 0 Å². The van der Waals surface area contributed by atoms with Crippen LogP contribution in [0.25, 0.3) is 0 Å². The molecule has 1 amide bonds. The fourth-order valence-electron chi connectivity index (χ4n) is 1.41. The summed E-state index contributed by atoms with van der Waals surface area (Å²) >= 11 is 0. The van der Waals surface area contributed by atoms with E-state index in [0.717, 1.165) is 0 Å². The number of rotatable bonds is 6.